The van der Waals surface area contributed by atoms with Crippen molar-refractivity contribution >= 4 is 17.5 Å². The predicted molar refractivity (Wildman–Crippen MR) is 112 cm³/mol. The number of nitrogens with zero attached hydrogens (tertiary/aromatic N) is 1. The Kier molecular flexibility index (Phi) is 8.57. The van der Waals surface area contributed by atoms with Crippen LogP contribution in [0.2, 0.25) is 0 Å². The van der Waals surface area contributed by atoms with Crippen LogP contribution in [0.4, 0.5) is 5.69 Å². The summed E-state index contributed by atoms with van der Waals surface area (Å²) in [5.41, 5.74) is 0.597. The van der Waals surface area contributed by atoms with E-state index in [9.17, 15) is 9.59 Å². The van der Waals surface area contributed by atoms with Gasteiger partial charge in [0.2, 0.25) is 17.6 Å². The van der Waals surface area contributed by atoms with Crippen molar-refractivity contribution in [2.24, 2.45) is 5.92 Å². The van der Waals surface area contributed by atoms with Gasteiger partial charge in [0.05, 0.1) is 21.3 Å². The first-order valence-electron chi connectivity index (χ1n) is 10.0. The zero-order valence-corrected chi connectivity index (χ0v) is 18.0. The maximum Gasteiger partial charge on any atom is 0.225 e. The summed E-state index contributed by atoms with van der Waals surface area (Å²) in [6, 6.07) is 3.65. The molecule has 1 saturated heterocycles. The molecule has 2 rings (SSSR count). The quantitative estimate of drug-likeness (QED) is 0.653. The number of piperidine rings is 1. The SMILES string of the molecule is COc1cc(NC(=O)CCN2CCC(NC(=O)C(C)C)CC2)cc(OC)c1OC. The Labute approximate surface area is 172 Å². The largest absolute Gasteiger partial charge is 0.493 e. The molecule has 0 saturated carbocycles. The fraction of sp³-hybridized carbons (Fsp3) is 0.619. The molecular weight excluding hydrogens is 374 g/mol. The number of likely N-dealkylation sites (tertiary alicyclic amines) is 1. The summed E-state index contributed by atoms with van der Waals surface area (Å²) in [6.07, 6.45) is 2.21. The second-order valence-electron chi connectivity index (χ2n) is 7.49. The molecule has 0 unspecified atom stereocenters. The molecule has 1 fully saturated rings. The smallest absolute Gasteiger partial charge is 0.225 e. The number of carbonyl (C=O) groups is 2. The summed E-state index contributed by atoms with van der Waals surface area (Å²) >= 11 is 0. The lowest BCUT2D eigenvalue weighted by molar-refractivity contribution is -0.125. The molecule has 1 heterocycles. The molecular formula is C21H33N3O5. The molecule has 8 heteroatoms. The van der Waals surface area contributed by atoms with Gasteiger partial charge in [0, 0.05) is 55.8 Å². The molecule has 0 radical (unpaired) electrons. The molecule has 2 N–H and O–H groups in total. The van der Waals surface area contributed by atoms with Crippen LogP contribution in [0, 0.1) is 5.92 Å². The maximum atomic E-state index is 12.4. The molecule has 1 aromatic carbocycles. The molecule has 8 nitrogen and oxygen atoms in total. The number of benzene rings is 1. The van der Waals surface area contributed by atoms with Gasteiger partial charge in [-0.2, -0.15) is 0 Å². The Bertz CT molecular complexity index is 675. The normalized spacial score (nSPS) is 15.1. The van der Waals surface area contributed by atoms with E-state index >= 15 is 0 Å². The minimum absolute atomic E-state index is 0.00642. The zero-order chi connectivity index (χ0) is 21.4. The summed E-state index contributed by atoms with van der Waals surface area (Å²) in [5, 5.41) is 5.98. The number of rotatable bonds is 9. The van der Waals surface area contributed by atoms with Crippen molar-refractivity contribution in [3.8, 4) is 17.2 Å². The highest BCUT2D eigenvalue weighted by atomic mass is 16.5. The molecule has 0 spiro atoms. The van der Waals surface area contributed by atoms with Gasteiger partial charge in [-0.15, -0.1) is 0 Å². The molecule has 1 aromatic rings. The third kappa shape index (κ3) is 6.52. The van der Waals surface area contributed by atoms with Crippen LogP contribution < -0.4 is 24.8 Å². The molecule has 162 valence electrons. The van der Waals surface area contributed by atoms with Crippen molar-refractivity contribution < 1.29 is 23.8 Å². The van der Waals surface area contributed by atoms with Gasteiger partial charge in [0.1, 0.15) is 0 Å². The Hall–Kier alpha value is -2.48. The highest BCUT2D eigenvalue weighted by Gasteiger charge is 2.22. The van der Waals surface area contributed by atoms with Crippen molar-refractivity contribution in [3.63, 3.8) is 0 Å². The minimum Gasteiger partial charge on any atom is -0.493 e. The fourth-order valence-corrected chi connectivity index (χ4v) is 3.31. The zero-order valence-electron chi connectivity index (χ0n) is 18.0. The number of anilines is 1. The molecule has 0 aromatic heterocycles. The van der Waals surface area contributed by atoms with E-state index in [0.717, 1.165) is 25.9 Å². The lowest BCUT2D eigenvalue weighted by Crippen LogP contribution is -2.46. The van der Waals surface area contributed by atoms with Gasteiger partial charge in [-0.3, -0.25) is 9.59 Å². The van der Waals surface area contributed by atoms with Gasteiger partial charge < -0.3 is 29.7 Å². The summed E-state index contributed by atoms with van der Waals surface area (Å²) < 4.78 is 15.9. The van der Waals surface area contributed by atoms with Gasteiger partial charge >= 0.3 is 0 Å². The molecule has 0 bridgehead atoms. The van der Waals surface area contributed by atoms with E-state index in [1.807, 2.05) is 13.8 Å². The predicted octanol–water partition coefficient (Wildman–Crippen LogP) is 2.28. The van der Waals surface area contributed by atoms with Crippen LogP contribution in [0.25, 0.3) is 0 Å². The van der Waals surface area contributed by atoms with Crippen LogP contribution >= 0.6 is 0 Å². The highest BCUT2D eigenvalue weighted by molar-refractivity contribution is 5.91. The average molecular weight is 408 g/mol. The Morgan fingerprint density at radius 3 is 2.14 bits per heavy atom. The van der Waals surface area contributed by atoms with Crippen LogP contribution in [-0.2, 0) is 9.59 Å². The highest BCUT2D eigenvalue weighted by Crippen LogP contribution is 2.39. The van der Waals surface area contributed by atoms with E-state index in [1.54, 1.807) is 12.1 Å². The second-order valence-corrected chi connectivity index (χ2v) is 7.49. The van der Waals surface area contributed by atoms with Crippen molar-refractivity contribution in [2.75, 3.05) is 46.3 Å². The molecule has 1 aliphatic heterocycles. The number of ether oxygens (including phenoxy) is 3. The fourth-order valence-electron chi connectivity index (χ4n) is 3.31. The van der Waals surface area contributed by atoms with Crippen molar-refractivity contribution in [3.05, 3.63) is 12.1 Å². The summed E-state index contributed by atoms with van der Waals surface area (Å²) in [4.78, 5) is 26.5. The Morgan fingerprint density at radius 2 is 1.66 bits per heavy atom. The van der Waals surface area contributed by atoms with Gasteiger partial charge in [-0.1, -0.05) is 13.8 Å². The van der Waals surface area contributed by atoms with Crippen molar-refractivity contribution in [2.45, 2.75) is 39.2 Å². The first kappa shape index (κ1) is 22.8. The first-order chi connectivity index (χ1) is 13.9. The van der Waals surface area contributed by atoms with E-state index in [-0.39, 0.29) is 23.8 Å². The van der Waals surface area contributed by atoms with Crippen LogP contribution in [0.15, 0.2) is 12.1 Å². The molecule has 1 aliphatic rings. The van der Waals surface area contributed by atoms with Crippen LogP contribution in [-0.4, -0.2) is 63.7 Å². The van der Waals surface area contributed by atoms with E-state index < -0.39 is 0 Å². The number of amides is 2. The summed E-state index contributed by atoms with van der Waals surface area (Å²) in [6.45, 7) is 6.23. The average Bonchev–Trinajstić information content (AvgIpc) is 2.72. The summed E-state index contributed by atoms with van der Waals surface area (Å²) in [7, 11) is 4.61. The van der Waals surface area contributed by atoms with Crippen molar-refractivity contribution in [1.29, 1.82) is 0 Å². The summed E-state index contributed by atoms with van der Waals surface area (Å²) in [5.74, 6) is 1.51. The monoisotopic (exact) mass is 407 g/mol. The Balaban J connectivity index is 1.81. The van der Waals surface area contributed by atoms with E-state index in [1.165, 1.54) is 21.3 Å². The number of carbonyl (C=O) groups excluding carboxylic acids is 2. The van der Waals surface area contributed by atoms with E-state index in [0.29, 0.717) is 35.9 Å². The second kappa shape index (κ2) is 10.9. The standard InChI is InChI=1S/C21H33N3O5/c1-14(2)21(26)23-15-6-9-24(10-7-15)11-8-19(25)22-16-12-17(27-3)20(29-5)18(13-16)28-4/h12-15H,6-11H2,1-5H3,(H,22,25)(H,23,26). The number of hydrogen-bond acceptors (Lipinski definition) is 6. The third-order valence-electron chi connectivity index (χ3n) is 5.06. The van der Waals surface area contributed by atoms with Gasteiger partial charge in [-0.25, -0.2) is 0 Å². The molecule has 0 aliphatic carbocycles. The lowest BCUT2D eigenvalue weighted by Gasteiger charge is -2.32. The lowest BCUT2D eigenvalue weighted by atomic mass is 10.0. The Morgan fingerprint density at radius 1 is 1.07 bits per heavy atom. The van der Waals surface area contributed by atoms with Gasteiger partial charge in [0.25, 0.3) is 0 Å². The van der Waals surface area contributed by atoms with Crippen LogP contribution in [0.1, 0.15) is 33.1 Å². The van der Waals surface area contributed by atoms with Gasteiger partial charge in [-0.05, 0) is 12.8 Å². The number of methoxy groups -OCH3 is 3. The van der Waals surface area contributed by atoms with Crippen LogP contribution in [0.5, 0.6) is 17.2 Å². The van der Waals surface area contributed by atoms with E-state index in [2.05, 4.69) is 15.5 Å². The van der Waals surface area contributed by atoms with Gasteiger partial charge in [0.15, 0.2) is 11.5 Å². The van der Waals surface area contributed by atoms with Crippen molar-refractivity contribution in [1.82, 2.24) is 10.2 Å². The maximum absolute atomic E-state index is 12.4. The molecule has 2 amide bonds. The topological polar surface area (TPSA) is 89.1 Å². The number of hydrogen-bond donors (Lipinski definition) is 2. The first-order valence-corrected chi connectivity index (χ1v) is 10.0. The minimum atomic E-state index is -0.0745. The van der Waals surface area contributed by atoms with Crippen LogP contribution in [0.3, 0.4) is 0 Å². The number of nitrogens with one attached hydrogen (secondary N) is 2. The van der Waals surface area contributed by atoms with E-state index in [4.69, 9.17) is 14.2 Å². The molecule has 29 heavy (non-hydrogen) atoms. The third-order valence-corrected chi connectivity index (χ3v) is 5.06. The molecule has 0 atom stereocenters.